The molecule has 10 aromatic rings. The van der Waals surface area contributed by atoms with Gasteiger partial charge in [0.25, 0.3) is 0 Å². The van der Waals surface area contributed by atoms with Gasteiger partial charge in [-0.2, -0.15) is 0 Å². The molecule has 0 atom stereocenters. The Morgan fingerprint density at radius 2 is 0.917 bits per heavy atom. The van der Waals surface area contributed by atoms with Gasteiger partial charge in [-0.3, -0.25) is 0 Å². The molecule has 1 heterocycles. The van der Waals surface area contributed by atoms with Crippen LogP contribution in [0.25, 0.3) is 71.6 Å². The third kappa shape index (κ3) is 4.82. The van der Waals surface area contributed by atoms with Gasteiger partial charge in [0.05, 0.1) is 22.4 Å². The first-order valence-electron chi connectivity index (χ1n) is 21.2. The molecule has 9 aromatic carbocycles. The molecule has 60 heavy (non-hydrogen) atoms. The molecule has 0 spiro atoms. The van der Waals surface area contributed by atoms with Crippen molar-refractivity contribution in [3.63, 3.8) is 0 Å². The van der Waals surface area contributed by atoms with Crippen LogP contribution in [-0.4, -0.2) is 4.57 Å². The predicted octanol–water partition coefficient (Wildman–Crippen LogP) is 15.7. The van der Waals surface area contributed by atoms with Crippen molar-refractivity contribution in [1.82, 2.24) is 4.57 Å². The first-order valence-corrected chi connectivity index (χ1v) is 21.2. The highest BCUT2D eigenvalue weighted by molar-refractivity contribution is 6.10. The van der Waals surface area contributed by atoms with E-state index < -0.39 is 0 Å². The van der Waals surface area contributed by atoms with E-state index >= 15 is 0 Å². The summed E-state index contributed by atoms with van der Waals surface area (Å²) in [5.41, 5.74) is 20.0. The Hall–Kier alpha value is -7.16. The van der Waals surface area contributed by atoms with E-state index in [-0.39, 0.29) is 10.8 Å². The second-order valence-corrected chi connectivity index (χ2v) is 17.7. The first kappa shape index (κ1) is 34.8. The summed E-state index contributed by atoms with van der Waals surface area (Å²) in [6.07, 6.45) is 0. The topological polar surface area (TPSA) is 8.17 Å². The van der Waals surface area contributed by atoms with Gasteiger partial charge >= 0.3 is 0 Å². The van der Waals surface area contributed by atoms with Gasteiger partial charge in [-0.25, -0.2) is 0 Å². The van der Waals surface area contributed by atoms with Gasteiger partial charge in [0.1, 0.15) is 0 Å². The number of para-hydroxylation sites is 2. The van der Waals surface area contributed by atoms with Crippen molar-refractivity contribution >= 4 is 49.6 Å². The standard InChI is InChI=1S/C58H44N2/c1-57(2)49-26-12-8-24-47(49)56-50(57)27-16-30-55(56)60(39-31-32-43-42-20-7-11-25-48(42)58(3,4)51(43)36-39)54-34-33-40(41-19-5-6-21-44(41)54)37-17-15-18-38(35-37)59-52-28-13-9-22-45(52)46-23-10-14-29-53(46)59/h5-36H,1-4H3. The highest BCUT2D eigenvalue weighted by Gasteiger charge is 2.39. The van der Waals surface area contributed by atoms with Crippen LogP contribution in [-0.2, 0) is 10.8 Å². The second-order valence-electron chi connectivity index (χ2n) is 17.7. The Kier molecular flexibility index (Phi) is 7.36. The fraction of sp³-hybridized carbons (Fsp3) is 0.103. The smallest absolute Gasteiger partial charge is 0.0543 e. The van der Waals surface area contributed by atoms with E-state index in [0.717, 1.165) is 17.1 Å². The van der Waals surface area contributed by atoms with Gasteiger partial charge in [0, 0.05) is 43.9 Å². The monoisotopic (exact) mass is 768 g/mol. The Labute approximate surface area is 351 Å². The van der Waals surface area contributed by atoms with Gasteiger partial charge in [-0.05, 0) is 104 Å². The van der Waals surface area contributed by atoms with E-state index in [2.05, 4.69) is 231 Å². The lowest BCUT2D eigenvalue weighted by molar-refractivity contribution is 0.660. The van der Waals surface area contributed by atoms with Gasteiger partial charge in [0.15, 0.2) is 0 Å². The van der Waals surface area contributed by atoms with Crippen LogP contribution in [0, 0.1) is 0 Å². The van der Waals surface area contributed by atoms with Crippen molar-refractivity contribution in [3.05, 3.63) is 216 Å². The Morgan fingerprint density at radius 1 is 0.367 bits per heavy atom. The van der Waals surface area contributed by atoms with Crippen molar-refractivity contribution in [3.8, 4) is 39.1 Å². The zero-order valence-corrected chi connectivity index (χ0v) is 34.4. The van der Waals surface area contributed by atoms with Gasteiger partial charge < -0.3 is 9.47 Å². The molecule has 286 valence electrons. The number of benzene rings is 9. The maximum Gasteiger partial charge on any atom is 0.0543 e. The highest BCUT2D eigenvalue weighted by Crippen LogP contribution is 2.56. The summed E-state index contributed by atoms with van der Waals surface area (Å²) >= 11 is 0. The van der Waals surface area contributed by atoms with E-state index in [9.17, 15) is 0 Å². The third-order valence-corrected chi connectivity index (χ3v) is 13.8. The average molecular weight is 769 g/mol. The van der Waals surface area contributed by atoms with Crippen molar-refractivity contribution in [2.45, 2.75) is 38.5 Å². The zero-order valence-electron chi connectivity index (χ0n) is 34.4. The first-order chi connectivity index (χ1) is 29.3. The van der Waals surface area contributed by atoms with Crippen LogP contribution in [0.3, 0.4) is 0 Å². The van der Waals surface area contributed by atoms with Gasteiger partial charge in [-0.1, -0.05) is 173 Å². The zero-order chi connectivity index (χ0) is 40.3. The molecule has 12 rings (SSSR count). The lowest BCUT2D eigenvalue weighted by atomic mass is 9.82. The largest absolute Gasteiger partial charge is 0.309 e. The lowest BCUT2D eigenvalue weighted by Gasteiger charge is -2.31. The lowest BCUT2D eigenvalue weighted by Crippen LogP contribution is -2.17. The second kappa shape index (κ2) is 12.7. The van der Waals surface area contributed by atoms with Crippen LogP contribution in [0.4, 0.5) is 17.1 Å². The summed E-state index contributed by atoms with van der Waals surface area (Å²) in [6, 6.07) is 72.3. The average Bonchev–Trinajstić information content (AvgIpc) is 3.84. The van der Waals surface area contributed by atoms with Crippen molar-refractivity contribution in [1.29, 1.82) is 0 Å². The molecule has 2 heteroatoms. The van der Waals surface area contributed by atoms with Crippen LogP contribution in [0.2, 0.25) is 0 Å². The number of anilines is 3. The molecule has 0 amide bonds. The van der Waals surface area contributed by atoms with Gasteiger partial charge in [-0.15, -0.1) is 0 Å². The predicted molar refractivity (Wildman–Crippen MR) is 254 cm³/mol. The Morgan fingerprint density at radius 3 is 1.67 bits per heavy atom. The minimum atomic E-state index is -0.131. The molecule has 0 bridgehead atoms. The van der Waals surface area contributed by atoms with E-state index in [1.807, 2.05) is 0 Å². The Bertz CT molecular complexity index is 3340. The summed E-state index contributed by atoms with van der Waals surface area (Å²) < 4.78 is 2.41. The fourth-order valence-corrected chi connectivity index (χ4v) is 10.9. The molecule has 0 saturated carbocycles. The number of nitrogens with zero attached hydrogens (tertiary/aromatic N) is 2. The number of rotatable bonds is 5. The molecule has 2 aliphatic carbocycles. The normalized spacial score (nSPS) is 14.3. The van der Waals surface area contributed by atoms with E-state index in [1.54, 1.807) is 0 Å². The fourth-order valence-electron chi connectivity index (χ4n) is 10.9. The van der Waals surface area contributed by atoms with E-state index in [1.165, 1.54) is 93.9 Å². The van der Waals surface area contributed by atoms with Crippen LogP contribution >= 0.6 is 0 Å². The summed E-state index contributed by atoms with van der Waals surface area (Å²) in [5.74, 6) is 0. The summed E-state index contributed by atoms with van der Waals surface area (Å²) in [6.45, 7) is 9.50. The maximum atomic E-state index is 2.55. The van der Waals surface area contributed by atoms with Crippen molar-refractivity contribution in [2.24, 2.45) is 0 Å². The third-order valence-electron chi connectivity index (χ3n) is 13.8. The minimum Gasteiger partial charge on any atom is -0.309 e. The molecule has 0 radical (unpaired) electrons. The molecule has 0 unspecified atom stereocenters. The molecule has 2 aliphatic rings. The van der Waals surface area contributed by atoms with Crippen LogP contribution < -0.4 is 4.90 Å². The molecule has 0 aliphatic heterocycles. The van der Waals surface area contributed by atoms with Gasteiger partial charge in [0.2, 0.25) is 0 Å². The van der Waals surface area contributed by atoms with E-state index in [0.29, 0.717) is 0 Å². The van der Waals surface area contributed by atoms with Crippen molar-refractivity contribution in [2.75, 3.05) is 4.90 Å². The molecule has 0 saturated heterocycles. The molecular formula is C58H44N2. The maximum absolute atomic E-state index is 2.55. The number of fused-ring (bicyclic) bond motifs is 10. The SMILES string of the molecule is CC1(C)c2ccccc2-c2ccc(N(c3cccc4c3-c3ccccc3C4(C)C)c3ccc(-c4cccc(-n5c6ccccc6c6ccccc65)c4)c4ccccc34)cc21. The summed E-state index contributed by atoms with van der Waals surface area (Å²) in [5, 5.41) is 4.97. The number of hydrogen-bond donors (Lipinski definition) is 0. The minimum absolute atomic E-state index is 0.123. The highest BCUT2D eigenvalue weighted by atomic mass is 15.1. The molecule has 0 fully saturated rings. The quantitative estimate of drug-likeness (QED) is 0.169. The summed E-state index contributed by atoms with van der Waals surface area (Å²) in [4.78, 5) is 2.55. The number of aromatic nitrogens is 1. The van der Waals surface area contributed by atoms with Crippen molar-refractivity contribution < 1.29 is 0 Å². The Balaban J connectivity index is 1.09. The van der Waals surface area contributed by atoms with Crippen LogP contribution in [0.15, 0.2) is 194 Å². The molecule has 0 N–H and O–H groups in total. The molecule has 2 nitrogen and oxygen atoms in total. The molecular weight excluding hydrogens is 725 g/mol. The van der Waals surface area contributed by atoms with Crippen LogP contribution in [0.1, 0.15) is 49.9 Å². The summed E-state index contributed by atoms with van der Waals surface area (Å²) in [7, 11) is 0. The number of hydrogen-bond acceptors (Lipinski definition) is 1. The van der Waals surface area contributed by atoms with E-state index in [4.69, 9.17) is 0 Å². The molecule has 1 aromatic heterocycles. The van der Waals surface area contributed by atoms with Crippen LogP contribution in [0.5, 0.6) is 0 Å².